The maximum absolute atomic E-state index is 10.4. The van der Waals surface area contributed by atoms with E-state index in [1.807, 2.05) is 24.3 Å². The summed E-state index contributed by atoms with van der Waals surface area (Å²) in [5.41, 5.74) is 2.10. The lowest BCUT2D eigenvalue weighted by Crippen LogP contribution is -2.05. The van der Waals surface area contributed by atoms with Gasteiger partial charge in [-0.3, -0.25) is 0 Å². The first-order valence-electron chi connectivity index (χ1n) is 6.91. The third-order valence-electron chi connectivity index (χ3n) is 3.32. The third-order valence-corrected chi connectivity index (χ3v) is 3.32. The normalized spacial score (nSPS) is 17.1. The molecule has 0 spiro atoms. The smallest absolute Gasteiger partial charge is 0.119 e. The summed E-state index contributed by atoms with van der Waals surface area (Å²) in [6, 6.07) is 7.82. The van der Waals surface area contributed by atoms with Gasteiger partial charge in [0.1, 0.15) is 11.9 Å². The van der Waals surface area contributed by atoms with Gasteiger partial charge in [-0.05, 0) is 55.4 Å². The molecule has 1 aromatic rings. The van der Waals surface area contributed by atoms with Gasteiger partial charge < -0.3 is 9.84 Å². The summed E-state index contributed by atoms with van der Waals surface area (Å²) in [4.78, 5) is 0. The van der Waals surface area contributed by atoms with Gasteiger partial charge in [0.05, 0.1) is 6.61 Å². The van der Waals surface area contributed by atoms with E-state index in [1.165, 1.54) is 12.8 Å². The van der Waals surface area contributed by atoms with Crippen molar-refractivity contribution in [1.82, 2.24) is 0 Å². The maximum atomic E-state index is 10.4. The van der Waals surface area contributed by atoms with Gasteiger partial charge in [0, 0.05) is 0 Å². The SMILES string of the molecule is CCCOc1cccc(C(O)C2=CCCCC2)c1. The molecule has 0 amide bonds. The first-order chi connectivity index (χ1) is 8.81. The molecule has 0 radical (unpaired) electrons. The molecule has 0 fully saturated rings. The summed E-state index contributed by atoms with van der Waals surface area (Å²) in [6.45, 7) is 2.81. The Balaban J connectivity index is 2.09. The van der Waals surface area contributed by atoms with Gasteiger partial charge in [0.2, 0.25) is 0 Å². The minimum Gasteiger partial charge on any atom is -0.494 e. The highest BCUT2D eigenvalue weighted by molar-refractivity contribution is 5.34. The monoisotopic (exact) mass is 246 g/mol. The number of benzene rings is 1. The molecule has 2 heteroatoms. The molecule has 0 aromatic heterocycles. The first-order valence-corrected chi connectivity index (χ1v) is 6.91. The number of aliphatic hydroxyl groups is 1. The first kappa shape index (κ1) is 13.2. The average molecular weight is 246 g/mol. The molecule has 98 valence electrons. The zero-order valence-electron chi connectivity index (χ0n) is 11.1. The van der Waals surface area contributed by atoms with Crippen molar-refractivity contribution in [3.8, 4) is 5.75 Å². The van der Waals surface area contributed by atoms with E-state index in [0.29, 0.717) is 0 Å². The van der Waals surface area contributed by atoms with Crippen molar-refractivity contribution >= 4 is 0 Å². The molecule has 0 heterocycles. The van der Waals surface area contributed by atoms with E-state index in [9.17, 15) is 5.11 Å². The number of hydrogen-bond acceptors (Lipinski definition) is 2. The molecule has 1 aromatic carbocycles. The summed E-state index contributed by atoms with van der Waals surface area (Å²) in [7, 11) is 0. The van der Waals surface area contributed by atoms with E-state index in [-0.39, 0.29) is 0 Å². The Morgan fingerprint density at radius 1 is 1.33 bits per heavy atom. The minimum atomic E-state index is -0.463. The molecule has 0 bridgehead atoms. The topological polar surface area (TPSA) is 29.5 Å². The average Bonchev–Trinajstić information content (AvgIpc) is 2.45. The molecule has 2 rings (SSSR count). The summed E-state index contributed by atoms with van der Waals surface area (Å²) >= 11 is 0. The molecule has 2 nitrogen and oxygen atoms in total. The second-order valence-electron chi connectivity index (χ2n) is 4.85. The number of rotatable bonds is 5. The van der Waals surface area contributed by atoms with Gasteiger partial charge in [-0.2, -0.15) is 0 Å². The van der Waals surface area contributed by atoms with E-state index in [4.69, 9.17) is 4.74 Å². The van der Waals surface area contributed by atoms with Crippen LogP contribution in [0, 0.1) is 0 Å². The molecule has 1 unspecified atom stereocenters. The van der Waals surface area contributed by atoms with Gasteiger partial charge in [0.25, 0.3) is 0 Å². The highest BCUT2D eigenvalue weighted by atomic mass is 16.5. The van der Waals surface area contributed by atoms with Gasteiger partial charge in [-0.1, -0.05) is 25.1 Å². The highest BCUT2D eigenvalue weighted by Crippen LogP contribution is 2.31. The van der Waals surface area contributed by atoms with Crippen molar-refractivity contribution in [3.05, 3.63) is 41.5 Å². The van der Waals surface area contributed by atoms with Crippen molar-refractivity contribution in [2.24, 2.45) is 0 Å². The quantitative estimate of drug-likeness (QED) is 0.795. The molecule has 1 N–H and O–H groups in total. The zero-order chi connectivity index (χ0) is 12.8. The number of allylic oxidation sites excluding steroid dienone is 1. The molecule has 0 aliphatic heterocycles. The Hall–Kier alpha value is -1.28. The Morgan fingerprint density at radius 3 is 2.94 bits per heavy atom. The van der Waals surface area contributed by atoms with Gasteiger partial charge in [0.15, 0.2) is 0 Å². The fraction of sp³-hybridized carbons (Fsp3) is 0.500. The standard InChI is InChI=1S/C16H22O2/c1-2-11-18-15-10-6-9-14(12-15)16(17)13-7-4-3-5-8-13/h6-7,9-10,12,16-17H,2-5,8,11H2,1H3. The second-order valence-corrected chi connectivity index (χ2v) is 4.85. The molecule has 0 saturated heterocycles. The van der Waals surface area contributed by atoms with Gasteiger partial charge in [-0.25, -0.2) is 0 Å². The van der Waals surface area contributed by atoms with Gasteiger partial charge in [-0.15, -0.1) is 0 Å². The molecule has 1 aliphatic rings. The van der Waals surface area contributed by atoms with Crippen LogP contribution < -0.4 is 4.74 Å². The summed E-state index contributed by atoms with van der Waals surface area (Å²) in [5, 5.41) is 10.4. The Bertz CT molecular complexity index is 409. The molecule has 0 saturated carbocycles. The number of ether oxygens (including phenoxy) is 1. The lowest BCUT2D eigenvalue weighted by molar-refractivity contribution is 0.207. The fourth-order valence-corrected chi connectivity index (χ4v) is 2.32. The summed E-state index contributed by atoms with van der Waals surface area (Å²) in [6.07, 6.45) is 7.27. The second kappa shape index (κ2) is 6.60. The Morgan fingerprint density at radius 2 is 2.22 bits per heavy atom. The predicted octanol–water partition coefficient (Wildman–Crippen LogP) is 4.01. The number of hydrogen-bond donors (Lipinski definition) is 1. The molecule has 1 aliphatic carbocycles. The Labute approximate surface area is 109 Å². The van der Waals surface area contributed by atoms with Gasteiger partial charge >= 0.3 is 0 Å². The van der Waals surface area contributed by atoms with Crippen LogP contribution in [0.15, 0.2) is 35.9 Å². The van der Waals surface area contributed by atoms with E-state index >= 15 is 0 Å². The largest absolute Gasteiger partial charge is 0.494 e. The summed E-state index contributed by atoms with van der Waals surface area (Å²) < 4.78 is 5.60. The van der Waals surface area contributed by atoms with Crippen LogP contribution in [0.25, 0.3) is 0 Å². The van der Waals surface area contributed by atoms with Crippen molar-refractivity contribution in [2.75, 3.05) is 6.61 Å². The number of aliphatic hydroxyl groups excluding tert-OH is 1. The van der Waals surface area contributed by atoms with Crippen LogP contribution in [0.2, 0.25) is 0 Å². The third kappa shape index (κ3) is 3.36. The molecule has 18 heavy (non-hydrogen) atoms. The van der Waals surface area contributed by atoms with E-state index in [1.54, 1.807) is 0 Å². The molecular formula is C16H22O2. The lowest BCUT2D eigenvalue weighted by Gasteiger charge is -2.19. The van der Waals surface area contributed by atoms with Crippen molar-refractivity contribution in [1.29, 1.82) is 0 Å². The van der Waals surface area contributed by atoms with Crippen LogP contribution in [0.5, 0.6) is 5.75 Å². The molecule has 1 atom stereocenters. The van der Waals surface area contributed by atoms with Crippen molar-refractivity contribution in [2.45, 2.75) is 45.1 Å². The highest BCUT2D eigenvalue weighted by Gasteiger charge is 2.15. The zero-order valence-corrected chi connectivity index (χ0v) is 11.1. The predicted molar refractivity (Wildman–Crippen MR) is 73.7 cm³/mol. The van der Waals surface area contributed by atoms with E-state index in [0.717, 1.165) is 42.8 Å². The lowest BCUT2D eigenvalue weighted by atomic mass is 9.92. The van der Waals surface area contributed by atoms with Crippen molar-refractivity contribution < 1.29 is 9.84 Å². The van der Waals surface area contributed by atoms with Crippen LogP contribution in [-0.2, 0) is 0 Å². The van der Waals surface area contributed by atoms with Crippen LogP contribution in [0.1, 0.15) is 50.7 Å². The van der Waals surface area contributed by atoms with Crippen molar-refractivity contribution in [3.63, 3.8) is 0 Å². The van der Waals surface area contributed by atoms with Crippen LogP contribution in [-0.4, -0.2) is 11.7 Å². The van der Waals surface area contributed by atoms with Crippen LogP contribution >= 0.6 is 0 Å². The summed E-state index contributed by atoms with van der Waals surface area (Å²) in [5.74, 6) is 0.852. The van der Waals surface area contributed by atoms with E-state index in [2.05, 4.69) is 13.0 Å². The maximum Gasteiger partial charge on any atom is 0.119 e. The molecular weight excluding hydrogens is 224 g/mol. The minimum absolute atomic E-state index is 0.463. The fourth-order valence-electron chi connectivity index (χ4n) is 2.32. The van der Waals surface area contributed by atoms with Crippen LogP contribution in [0.4, 0.5) is 0 Å². The van der Waals surface area contributed by atoms with Crippen LogP contribution in [0.3, 0.4) is 0 Å². The Kier molecular flexibility index (Phi) is 4.82. The van der Waals surface area contributed by atoms with E-state index < -0.39 is 6.10 Å².